The van der Waals surface area contributed by atoms with E-state index in [-0.39, 0.29) is 18.5 Å². The van der Waals surface area contributed by atoms with Crippen LogP contribution in [0.1, 0.15) is 162 Å². The van der Waals surface area contributed by atoms with Gasteiger partial charge in [0.1, 0.15) is 18.8 Å². The molecular weight excluding hydrogens is 504 g/mol. The van der Waals surface area contributed by atoms with E-state index in [1.54, 1.807) is 6.92 Å². The summed E-state index contributed by atoms with van der Waals surface area (Å²) in [5, 5.41) is 13.1. The zero-order valence-corrected chi connectivity index (χ0v) is 26.4. The van der Waals surface area contributed by atoms with E-state index in [0.717, 1.165) is 25.7 Å². The van der Waals surface area contributed by atoms with Crippen molar-refractivity contribution in [3.8, 4) is 0 Å². The molecule has 0 aromatic carbocycles. The van der Waals surface area contributed by atoms with Crippen LogP contribution in [0, 0.1) is 0 Å². The predicted molar refractivity (Wildman–Crippen MR) is 166 cm³/mol. The van der Waals surface area contributed by atoms with Gasteiger partial charge < -0.3 is 25.6 Å². The third-order valence-electron chi connectivity index (χ3n) is 7.51. The fraction of sp³-hybridized carbons (Fsp3) is 0.939. The van der Waals surface area contributed by atoms with Crippen LogP contribution in [0.15, 0.2) is 0 Å². The number of hydrogen-bond acceptors (Lipinski definition) is 7. The summed E-state index contributed by atoms with van der Waals surface area (Å²) in [6.07, 6.45) is 27.3. The Morgan fingerprint density at radius 1 is 0.675 bits per heavy atom. The molecule has 7 heteroatoms. The highest BCUT2D eigenvalue weighted by atomic mass is 16.5. The maximum atomic E-state index is 11.9. The fourth-order valence-electron chi connectivity index (χ4n) is 4.92. The molecule has 0 aliphatic heterocycles. The van der Waals surface area contributed by atoms with Crippen LogP contribution in [0.4, 0.5) is 0 Å². The Labute approximate surface area is 247 Å². The Kier molecular flexibility index (Phi) is 29.9. The summed E-state index contributed by atoms with van der Waals surface area (Å²) in [6.45, 7) is 5.49. The van der Waals surface area contributed by atoms with Gasteiger partial charge in [-0.3, -0.25) is 9.59 Å². The number of nitrogens with one attached hydrogen (secondary N) is 1. The molecule has 0 aliphatic carbocycles. The first kappa shape index (κ1) is 38.8. The minimum absolute atomic E-state index is 0.0265. The molecule has 0 amide bonds. The Morgan fingerprint density at radius 3 is 1.62 bits per heavy atom. The summed E-state index contributed by atoms with van der Waals surface area (Å²) in [4.78, 5) is 23.4. The molecule has 0 aromatic rings. The van der Waals surface area contributed by atoms with Crippen molar-refractivity contribution in [2.24, 2.45) is 5.73 Å². The number of aliphatic hydroxyl groups excluding tert-OH is 1. The van der Waals surface area contributed by atoms with Crippen molar-refractivity contribution < 1.29 is 24.2 Å². The molecule has 4 N–H and O–H groups in total. The van der Waals surface area contributed by atoms with Gasteiger partial charge in [-0.1, -0.05) is 129 Å². The molecule has 40 heavy (non-hydrogen) atoms. The van der Waals surface area contributed by atoms with Crippen LogP contribution in [0.2, 0.25) is 0 Å². The van der Waals surface area contributed by atoms with E-state index in [2.05, 4.69) is 12.2 Å². The second kappa shape index (κ2) is 30.8. The molecule has 0 aliphatic rings. The van der Waals surface area contributed by atoms with Gasteiger partial charge in [-0.05, 0) is 32.7 Å². The van der Waals surface area contributed by atoms with Gasteiger partial charge in [-0.25, -0.2) is 0 Å². The van der Waals surface area contributed by atoms with Crippen LogP contribution in [-0.4, -0.2) is 55.5 Å². The van der Waals surface area contributed by atoms with Crippen LogP contribution in [-0.2, 0) is 19.1 Å². The Hall–Kier alpha value is -1.18. The van der Waals surface area contributed by atoms with Crippen molar-refractivity contribution in [3.63, 3.8) is 0 Å². The number of carbonyl (C=O) groups is 2. The van der Waals surface area contributed by atoms with Gasteiger partial charge in [-0.2, -0.15) is 0 Å². The van der Waals surface area contributed by atoms with Gasteiger partial charge in [0, 0.05) is 13.0 Å². The van der Waals surface area contributed by atoms with Gasteiger partial charge >= 0.3 is 11.9 Å². The number of hydrogen-bond donors (Lipinski definition) is 3. The molecule has 2 atom stereocenters. The maximum Gasteiger partial charge on any atom is 0.322 e. The van der Waals surface area contributed by atoms with E-state index in [1.807, 2.05) is 0 Å². The van der Waals surface area contributed by atoms with Crippen molar-refractivity contribution in [1.29, 1.82) is 0 Å². The third-order valence-corrected chi connectivity index (χ3v) is 7.51. The van der Waals surface area contributed by atoms with Crippen molar-refractivity contribution >= 4 is 11.9 Å². The number of esters is 2. The molecule has 0 heterocycles. The largest absolute Gasteiger partial charge is 0.465 e. The van der Waals surface area contributed by atoms with Crippen LogP contribution in [0.5, 0.6) is 0 Å². The molecular formula is C33H66N2O5. The summed E-state index contributed by atoms with van der Waals surface area (Å²) >= 11 is 0. The molecule has 2 unspecified atom stereocenters. The second-order valence-corrected chi connectivity index (χ2v) is 11.5. The summed E-state index contributed by atoms with van der Waals surface area (Å²) < 4.78 is 10.1. The molecule has 0 fully saturated rings. The SMILES string of the molecule is CCCCCCCCCCCCCCCCCCCCCC(=O)OCC(O)CNCCCCC(N)C(=O)OCC. The van der Waals surface area contributed by atoms with E-state index in [0.29, 0.717) is 32.5 Å². The molecule has 0 rings (SSSR count). The molecule has 7 nitrogen and oxygen atoms in total. The maximum absolute atomic E-state index is 11.9. The molecule has 0 radical (unpaired) electrons. The lowest BCUT2D eigenvalue weighted by molar-refractivity contribution is -0.147. The lowest BCUT2D eigenvalue weighted by Crippen LogP contribution is -2.33. The normalized spacial score (nSPS) is 12.8. The van der Waals surface area contributed by atoms with Gasteiger partial charge in [-0.15, -0.1) is 0 Å². The summed E-state index contributed by atoms with van der Waals surface area (Å²) in [6, 6.07) is -0.570. The Bertz CT molecular complexity index is 561. The Morgan fingerprint density at radius 2 is 1.15 bits per heavy atom. The van der Waals surface area contributed by atoms with E-state index < -0.39 is 12.1 Å². The van der Waals surface area contributed by atoms with E-state index in [4.69, 9.17) is 15.2 Å². The first-order valence-electron chi connectivity index (χ1n) is 17.0. The minimum atomic E-state index is -0.712. The predicted octanol–water partition coefficient (Wildman–Crippen LogP) is 7.36. The van der Waals surface area contributed by atoms with Gasteiger partial charge in [0.15, 0.2) is 0 Å². The average Bonchev–Trinajstić information content (AvgIpc) is 2.94. The van der Waals surface area contributed by atoms with Crippen molar-refractivity contribution in [2.75, 3.05) is 26.3 Å². The first-order chi connectivity index (χ1) is 19.5. The summed E-state index contributed by atoms with van der Waals surface area (Å²) in [7, 11) is 0. The number of ether oxygens (including phenoxy) is 2. The van der Waals surface area contributed by atoms with Crippen molar-refractivity contribution in [2.45, 2.75) is 174 Å². The topological polar surface area (TPSA) is 111 Å². The smallest absolute Gasteiger partial charge is 0.322 e. The molecule has 238 valence electrons. The molecule has 0 aromatic heterocycles. The summed E-state index contributed by atoms with van der Waals surface area (Å²) in [5.41, 5.74) is 5.76. The van der Waals surface area contributed by atoms with Gasteiger partial charge in [0.05, 0.1) is 6.61 Å². The van der Waals surface area contributed by atoms with E-state index in [9.17, 15) is 14.7 Å². The highest BCUT2D eigenvalue weighted by Crippen LogP contribution is 2.15. The van der Waals surface area contributed by atoms with Crippen LogP contribution >= 0.6 is 0 Å². The molecule has 0 saturated heterocycles. The number of nitrogens with two attached hydrogens (primary N) is 1. The Balaban J connectivity index is 3.33. The molecule has 0 bridgehead atoms. The summed E-state index contributed by atoms with van der Waals surface area (Å²) in [5.74, 6) is -0.577. The zero-order valence-electron chi connectivity index (χ0n) is 26.4. The quantitative estimate of drug-likeness (QED) is 0.0590. The lowest BCUT2D eigenvalue weighted by Gasteiger charge is -2.13. The van der Waals surface area contributed by atoms with Crippen LogP contribution in [0.3, 0.4) is 0 Å². The highest BCUT2D eigenvalue weighted by molar-refractivity contribution is 5.75. The number of rotatable bonds is 31. The number of carbonyl (C=O) groups excluding carboxylic acids is 2. The standard InChI is InChI=1S/C33H66N2O5/c1-3-5-6-7-8-9-10-11-12-13-14-15-16-17-18-19-20-21-22-26-32(37)40-29-30(36)28-35-27-24-23-25-31(34)33(38)39-4-2/h30-31,35-36H,3-29,34H2,1-2H3. The van der Waals surface area contributed by atoms with Gasteiger partial charge in [0.25, 0.3) is 0 Å². The lowest BCUT2D eigenvalue weighted by atomic mass is 10.0. The van der Waals surface area contributed by atoms with E-state index >= 15 is 0 Å². The average molecular weight is 571 g/mol. The minimum Gasteiger partial charge on any atom is -0.465 e. The number of unbranched alkanes of at least 4 members (excludes halogenated alkanes) is 19. The highest BCUT2D eigenvalue weighted by Gasteiger charge is 2.13. The molecule has 0 spiro atoms. The van der Waals surface area contributed by atoms with E-state index in [1.165, 1.54) is 109 Å². The van der Waals surface area contributed by atoms with Crippen molar-refractivity contribution in [1.82, 2.24) is 5.32 Å². The van der Waals surface area contributed by atoms with Crippen molar-refractivity contribution in [3.05, 3.63) is 0 Å². The van der Waals surface area contributed by atoms with Crippen LogP contribution in [0.25, 0.3) is 0 Å². The monoisotopic (exact) mass is 570 g/mol. The second-order valence-electron chi connectivity index (χ2n) is 11.5. The number of aliphatic hydroxyl groups is 1. The zero-order chi connectivity index (χ0) is 29.5. The molecule has 0 saturated carbocycles. The first-order valence-corrected chi connectivity index (χ1v) is 17.0. The third kappa shape index (κ3) is 28.4. The van der Waals surface area contributed by atoms with Crippen LogP contribution < -0.4 is 11.1 Å². The van der Waals surface area contributed by atoms with Gasteiger partial charge in [0.2, 0.25) is 0 Å². The fourth-order valence-corrected chi connectivity index (χ4v) is 4.92.